The van der Waals surface area contributed by atoms with Crippen LogP contribution in [0, 0.1) is 0 Å². The number of aromatic nitrogens is 1. The number of nitrogens with one attached hydrogen (secondary N) is 1. The lowest BCUT2D eigenvalue weighted by Gasteiger charge is -2.32. The van der Waals surface area contributed by atoms with E-state index in [1.165, 1.54) is 0 Å². The zero-order chi connectivity index (χ0) is 13.8. The fourth-order valence-corrected chi connectivity index (χ4v) is 2.95. The van der Waals surface area contributed by atoms with Crippen molar-refractivity contribution >= 4 is 5.91 Å². The molecule has 1 aliphatic carbocycles. The molecule has 2 heterocycles. The van der Waals surface area contributed by atoms with E-state index < -0.39 is 0 Å². The molecular formula is C16H20N2O2. The summed E-state index contributed by atoms with van der Waals surface area (Å²) in [4.78, 5) is 16.3. The van der Waals surface area contributed by atoms with Gasteiger partial charge >= 0.3 is 0 Å². The maximum atomic E-state index is 12.2. The van der Waals surface area contributed by atoms with Gasteiger partial charge in [-0.25, -0.2) is 0 Å². The van der Waals surface area contributed by atoms with Crippen LogP contribution in [0.5, 0.6) is 0 Å². The number of pyridine rings is 1. The van der Waals surface area contributed by atoms with Crippen molar-refractivity contribution in [1.82, 2.24) is 10.3 Å². The second kappa shape index (κ2) is 6.18. The van der Waals surface area contributed by atoms with Crippen LogP contribution in [0.3, 0.4) is 0 Å². The van der Waals surface area contributed by atoms with Gasteiger partial charge < -0.3 is 10.1 Å². The van der Waals surface area contributed by atoms with Crippen LogP contribution in [0.15, 0.2) is 36.2 Å². The summed E-state index contributed by atoms with van der Waals surface area (Å²) in [5.74, 6) is 0.0806. The van der Waals surface area contributed by atoms with E-state index in [1.807, 2.05) is 12.1 Å². The third-order valence-corrected chi connectivity index (χ3v) is 4.01. The van der Waals surface area contributed by atoms with Crippen LogP contribution in [-0.4, -0.2) is 23.5 Å². The minimum absolute atomic E-state index is 0.0557. The van der Waals surface area contributed by atoms with Gasteiger partial charge in [0.1, 0.15) is 6.10 Å². The van der Waals surface area contributed by atoms with E-state index in [9.17, 15) is 4.79 Å². The van der Waals surface area contributed by atoms with Crippen molar-refractivity contribution < 1.29 is 9.53 Å². The molecule has 2 atom stereocenters. The number of hydrogen-bond acceptors (Lipinski definition) is 3. The first-order chi connectivity index (χ1) is 9.84. The van der Waals surface area contributed by atoms with Crippen molar-refractivity contribution in [2.24, 2.45) is 0 Å². The maximum Gasteiger partial charge on any atom is 0.247 e. The molecule has 3 rings (SSSR count). The molecule has 0 unspecified atom stereocenters. The van der Waals surface area contributed by atoms with E-state index in [0.717, 1.165) is 49.8 Å². The molecule has 1 aromatic rings. The standard InChI is InChI=1S/C16H20N2O2/c19-16(13-4-1-2-5-13)18-14-6-3-11-20-15(14)12-7-9-17-10-8-12/h4,7-10,14-15H,1-3,5-6,11H2,(H,18,19)/t14-,15+/m0/s1. The molecule has 1 amide bonds. The van der Waals surface area contributed by atoms with Crippen LogP contribution in [0.4, 0.5) is 0 Å². The molecule has 1 fully saturated rings. The summed E-state index contributed by atoms with van der Waals surface area (Å²) in [6.07, 6.45) is 10.5. The number of hydrogen-bond donors (Lipinski definition) is 1. The van der Waals surface area contributed by atoms with Crippen molar-refractivity contribution in [3.63, 3.8) is 0 Å². The molecule has 20 heavy (non-hydrogen) atoms. The predicted molar refractivity (Wildman–Crippen MR) is 76.0 cm³/mol. The number of allylic oxidation sites excluding steroid dienone is 1. The highest BCUT2D eigenvalue weighted by molar-refractivity contribution is 5.94. The second-order valence-electron chi connectivity index (χ2n) is 5.42. The van der Waals surface area contributed by atoms with Gasteiger partial charge in [0, 0.05) is 24.6 Å². The largest absolute Gasteiger partial charge is 0.371 e. The Bertz CT molecular complexity index is 498. The Morgan fingerprint density at radius 2 is 2.15 bits per heavy atom. The number of carbonyl (C=O) groups is 1. The molecule has 4 heteroatoms. The third kappa shape index (κ3) is 2.90. The average molecular weight is 272 g/mol. The molecule has 4 nitrogen and oxygen atoms in total. The Kier molecular flexibility index (Phi) is 4.11. The Morgan fingerprint density at radius 1 is 1.30 bits per heavy atom. The van der Waals surface area contributed by atoms with E-state index in [-0.39, 0.29) is 18.1 Å². The molecule has 0 bridgehead atoms. The second-order valence-corrected chi connectivity index (χ2v) is 5.42. The normalized spacial score (nSPS) is 26.1. The summed E-state index contributed by atoms with van der Waals surface area (Å²) in [7, 11) is 0. The van der Waals surface area contributed by atoms with Crippen LogP contribution in [0.2, 0.25) is 0 Å². The molecule has 0 spiro atoms. The molecule has 1 aromatic heterocycles. The minimum Gasteiger partial charge on any atom is -0.371 e. The fraction of sp³-hybridized carbons (Fsp3) is 0.500. The van der Waals surface area contributed by atoms with Crippen LogP contribution >= 0.6 is 0 Å². The lowest BCUT2D eigenvalue weighted by atomic mass is 9.96. The molecule has 106 valence electrons. The molecule has 1 N–H and O–H groups in total. The zero-order valence-electron chi connectivity index (χ0n) is 11.5. The maximum absolute atomic E-state index is 12.2. The molecule has 0 aromatic carbocycles. The van der Waals surface area contributed by atoms with Gasteiger partial charge in [-0.2, -0.15) is 0 Å². The van der Waals surface area contributed by atoms with Gasteiger partial charge in [0.2, 0.25) is 5.91 Å². The van der Waals surface area contributed by atoms with Crippen molar-refractivity contribution in [2.75, 3.05) is 6.61 Å². The quantitative estimate of drug-likeness (QED) is 0.920. The predicted octanol–water partition coefficient (Wildman–Crippen LogP) is 2.53. The Morgan fingerprint density at radius 3 is 2.90 bits per heavy atom. The minimum atomic E-state index is -0.0577. The third-order valence-electron chi connectivity index (χ3n) is 4.01. The average Bonchev–Trinajstić information content (AvgIpc) is 3.03. The Labute approximate surface area is 119 Å². The Balaban J connectivity index is 1.71. The smallest absolute Gasteiger partial charge is 0.247 e. The summed E-state index contributed by atoms with van der Waals surface area (Å²) < 4.78 is 5.88. The van der Waals surface area contributed by atoms with Crippen LogP contribution < -0.4 is 5.32 Å². The van der Waals surface area contributed by atoms with Crippen molar-refractivity contribution in [3.05, 3.63) is 41.7 Å². The van der Waals surface area contributed by atoms with E-state index in [0.29, 0.717) is 0 Å². The molecular weight excluding hydrogens is 252 g/mol. The highest BCUT2D eigenvalue weighted by atomic mass is 16.5. The summed E-state index contributed by atoms with van der Waals surface area (Å²) in [6.45, 7) is 0.752. The summed E-state index contributed by atoms with van der Waals surface area (Å²) in [5.41, 5.74) is 2.02. The topological polar surface area (TPSA) is 51.2 Å². The Hall–Kier alpha value is -1.68. The molecule has 1 saturated heterocycles. The van der Waals surface area contributed by atoms with Gasteiger partial charge in [-0.05, 0) is 49.8 Å². The summed E-state index contributed by atoms with van der Waals surface area (Å²) in [5, 5.41) is 3.16. The lowest BCUT2D eigenvalue weighted by Crippen LogP contribution is -2.43. The summed E-state index contributed by atoms with van der Waals surface area (Å²) >= 11 is 0. The van der Waals surface area contributed by atoms with Crippen molar-refractivity contribution in [2.45, 2.75) is 44.2 Å². The monoisotopic (exact) mass is 272 g/mol. The molecule has 2 aliphatic rings. The van der Waals surface area contributed by atoms with Crippen LogP contribution in [0.25, 0.3) is 0 Å². The van der Waals surface area contributed by atoms with E-state index >= 15 is 0 Å². The van der Waals surface area contributed by atoms with E-state index in [4.69, 9.17) is 4.74 Å². The molecule has 1 aliphatic heterocycles. The van der Waals surface area contributed by atoms with Gasteiger partial charge in [-0.3, -0.25) is 9.78 Å². The van der Waals surface area contributed by atoms with Crippen molar-refractivity contribution in [1.29, 1.82) is 0 Å². The van der Waals surface area contributed by atoms with Crippen LogP contribution in [0.1, 0.15) is 43.8 Å². The van der Waals surface area contributed by atoms with E-state index in [1.54, 1.807) is 12.4 Å². The zero-order valence-corrected chi connectivity index (χ0v) is 11.5. The van der Waals surface area contributed by atoms with Gasteiger partial charge in [0.25, 0.3) is 0 Å². The first-order valence-corrected chi connectivity index (χ1v) is 7.36. The molecule has 0 radical (unpaired) electrons. The number of carbonyl (C=O) groups excluding carboxylic acids is 1. The van der Waals surface area contributed by atoms with Gasteiger partial charge in [-0.1, -0.05) is 6.08 Å². The number of ether oxygens (including phenoxy) is 1. The number of nitrogens with zero attached hydrogens (tertiary/aromatic N) is 1. The van der Waals surface area contributed by atoms with Crippen molar-refractivity contribution in [3.8, 4) is 0 Å². The van der Waals surface area contributed by atoms with E-state index in [2.05, 4.69) is 16.4 Å². The highest BCUT2D eigenvalue weighted by Crippen LogP contribution is 2.28. The summed E-state index contributed by atoms with van der Waals surface area (Å²) in [6, 6.07) is 3.98. The first kappa shape index (κ1) is 13.3. The lowest BCUT2D eigenvalue weighted by molar-refractivity contribution is -0.120. The van der Waals surface area contributed by atoms with Gasteiger partial charge in [0.15, 0.2) is 0 Å². The molecule has 0 saturated carbocycles. The number of amides is 1. The number of rotatable bonds is 3. The first-order valence-electron chi connectivity index (χ1n) is 7.36. The van der Waals surface area contributed by atoms with Gasteiger partial charge in [0.05, 0.1) is 6.04 Å². The van der Waals surface area contributed by atoms with Gasteiger partial charge in [-0.15, -0.1) is 0 Å². The van der Waals surface area contributed by atoms with Crippen LogP contribution in [-0.2, 0) is 9.53 Å². The highest BCUT2D eigenvalue weighted by Gasteiger charge is 2.29. The SMILES string of the molecule is O=C(N[C@H]1CCCO[C@@H]1c1ccncc1)C1=CCCC1. The fourth-order valence-electron chi connectivity index (χ4n) is 2.95.